The van der Waals surface area contributed by atoms with Crippen molar-refractivity contribution in [2.45, 2.75) is 0 Å². The minimum Gasteiger partial charge on any atom is -0.497 e. The van der Waals surface area contributed by atoms with E-state index in [1.807, 2.05) is 24.3 Å². The lowest BCUT2D eigenvalue weighted by Gasteiger charge is -2.06. The second kappa shape index (κ2) is 3.72. The van der Waals surface area contributed by atoms with Crippen molar-refractivity contribution < 1.29 is 4.74 Å². The first-order chi connectivity index (χ1) is 5.79. The Hall–Kier alpha value is -1.57. The molecule has 0 amide bonds. The molecule has 0 unspecified atom stereocenters. The van der Waals surface area contributed by atoms with Gasteiger partial charge in [0.25, 0.3) is 0 Å². The number of hydrogen-bond donors (Lipinski definition) is 1. The molecule has 0 spiro atoms. The molecule has 0 aromatic heterocycles. The maximum absolute atomic E-state index is 7.13. The highest BCUT2D eigenvalue weighted by atomic mass is 16.5. The van der Waals surface area contributed by atoms with Crippen LogP contribution in [0.1, 0.15) is 11.1 Å². The molecule has 0 fully saturated rings. The summed E-state index contributed by atoms with van der Waals surface area (Å²) in [5, 5.41) is 7.13. The summed E-state index contributed by atoms with van der Waals surface area (Å²) in [6, 6.07) is 7.51. The minimum atomic E-state index is 0.592. The third-order valence-electron chi connectivity index (χ3n) is 1.66. The normalized spacial score (nSPS) is 9.08. The fourth-order valence-corrected chi connectivity index (χ4v) is 0.987. The molecule has 12 heavy (non-hydrogen) atoms. The largest absolute Gasteiger partial charge is 0.497 e. The smallest absolute Gasteiger partial charge is 0.119 e. The predicted octanol–water partition coefficient (Wildman–Crippen LogP) is 2.30. The molecule has 1 aromatic carbocycles. The van der Waals surface area contributed by atoms with Crippen LogP contribution >= 0.6 is 0 Å². The molecule has 0 bridgehead atoms. The summed E-state index contributed by atoms with van der Waals surface area (Å²) >= 11 is 0. The van der Waals surface area contributed by atoms with Gasteiger partial charge in [0.05, 0.1) is 7.11 Å². The van der Waals surface area contributed by atoms with Crippen molar-refractivity contribution in [1.29, 1.82) is 5.41 Å². The first-order valence-corrected chi connectivity index (χ1v) is 3.62. The fourth-order valence-electron chi connectivity index (χ4n) is 0.987. The molecular weight excluding hydrogens is 150 g/mol. The van der Waals surface area contributed by atoms with Gasteiger partial charge in [-0.15, -0.1) is 0 Å². The number of nitrogens with one attached hydrogen (secondary N) is 1. The first-order valence-electron chi connectivity index (χ1n) is 3.62. The van der Waals surface area contributed by atoms with Gasteiger partial charge in [0.2, 0.25) is 0 Å². The molecule has 1 N–H and O–H groups in total. The lowest BCUT2D eigenvalue weighted by Crippen LogP contribution is -1.91. The SMILES string of the molecule is C=C(OC)c1ccccc1C=N. The molecule has 2 nitrogen and oxygen atoms in total. The zero-order chi connectivity index (χ0) is 8.97. The van der Waals surface area contributed by atoms with Crippen molar-refractivity contribution in [3.63, 3.8) is 0 Å². The molecule has 2 heteroatoms. The van der Waals surface area contributed by atoms with Crippen molar-refractivity contribution >= 4 is 12.0 Å². The van der Waals surface area contributed by atoms with Crippen molar-refractivity contribution in [3.05, 3.63) is 42.0 Å². The van der Waals surface area contributed by atoms with E-state index in [1.54, 1.807) is 7.11 Å². The average molecular weight is 161 g/mol. The third kappa shape index (κ3) is 1.53. The van der Waals surface area contributed by atoms with Crippen LogP contribution in [0, 0.1) is 5.41 Å². The Morgan fingerprint density at radius 1 is 1.50 bits per heavy atom. The Balaban J connectivity index is 3.13. The van der Waals surface area contributed by atoms with Gasteiger partial charge in [0.1, 0.15) is 5.76 Å². The van der Waals surface area contributed by atoms with Crippen LogP contribution in [0.4, 0.5) is 0 Å². The van der Waals surface area contributed by atoms with Crippen LogP contribution in [0.15, 0.2) is 30.8 Å². The lowest BCUT2D eigenvalue weighted by molar-refractivity contribution is 0.371. The molecule has 62 valence electrons. The summed E-state index contributed by atoms with van der Waals surface area (Å²) in [5.41, 5.74) is 1.69. The van der Waals surface area contributed by atoms with E-state index in [9.17, 15) is 0 Å². The summed E-state index contributed by atoms with van der Waals surface area (Å²) in [6.45, 7) is 3.73. The standard InChI is InChI=1S/C10H11NO/c1-8(12-2)10-6-4-3-5-9(10)7-11/h3-7,11H,1H2,2H3. The van der Waals surface area contributed by atoms with Crippen LogP contribution in [0.5, 0.6) is 0 Å². The summed E-state index contributed by atoms with van der Waals surface area (Å²) < 4.78 is 4.98. The van der Waals surface area contributed by atoms with Crippen molar-refractivity contribution in [2.24, 2.45) is 0 Å². The summed E-state index contributed by atoms with van der Waals surface area (Å²) in [5.74, 6) is 0.592. The molecule has 0 aliphatic heterocycles. The molecule has 0 aliphatic carbocycles. The van der Waals surface area contributed by atoms with E-state index in [0.717, 1.165) is 11.1 Å². The highest BCUT2D eigenvalue weighted by molar-refractivity contribution is 5.84. The van der Waals surface area contributed by atoms with Crippen LogP contribution in [0.2, 0.25) is 0 Å². The van der Waals surface area contributed by atoms with Crippen molar-refractivity contribution in [3.8, 4) is 0 Å². The van der Waals surface area contributed by atoms with Gasteiger partial charge in [-0.2, -0.15) is 0 Å². The monoisotopic (exact) mass is 161 g/mol. The number of benzene rings is 1. The van der Waals surface area contributed by atoms with Crippen molar-refractivity contribution in [2.75, 3.05) is 7.11 Å². The molecule has 0 radical (unpaired) electrons. The van der Waals surface area contributed by atoms with Crippen LogP contribution in [0.25, 0.3) is 5.76 Å². The average Bonchev–Trinajstić information content (AvgIpc) is 2.16. The van der Waals surface area contributed by atoms with Crippen LogP contribution in [-0.4, -0.2) is 13.3 Å². The molecule has 0 saturated carbocycles. The second-order valence-corrected chi connectivity index (χ2v) is 2.36. The topological polar surface area (TPSA) is 33.1 Å². The second-order valence-electron chi connectivity index (χ2n) is 2.36. The van der Waals surface area contributed by atoms with Gasteiger partial charge in [-0.3, -0.25) is 0 Å². The summed E-state index contributed by atoms with van der Waals surface area (Å²) in [4.78, 5) is 0. The molecule has 1 rings (SSSR count). The van der Waals surface area contributed by atoms with Gasteiger partial charge in [-0.1, -0.05) is 30.8 Å². The highest BCUT2D eigenvalue weighted by Crippen LogP contribution is 2.15. The van der Waals surface area contributed by atoms with Gasteiger partial charge in [0, 0.05) is 17.3 Å². The van der Waals surface area contributed by atoms with Gasteiger partial charge in [-0.25, -0.2) is 0 Å². The lowest BCUT2D eigenvalue weighted by atomic mass is 10.1. The van der Waals surface area contributed by atoms with Gasteiger partial charge >= 0.3 is 0 Å². The highest BCUT2D eigenvalue weighted by Gasteiger charge is 2.01. The molecule has 0 saturated heterocycles. The van der Waals surface area contributed by atoms with Crippen LogP contribution < -0.4 is 0 Å². The Labute approximate surface area is 72.0 Å². The van der Waals surface area contributed by atoms with Gasteiger partial charge in [0.15, 0.2) is 0 Å². The predicted molar refractivity (Wildman–Crippen MR) is 50.4 cm³/mol. The van der Waals surface area contributed by atoms with Crippen molar-refractivity contribution in [1.82, 2.24) is 0 Å². The van der Waals surface area contributed by atoms with E-state index in [2.05, 4.69) is 6.58 Å². The Bertz CT molecular complexity index is 304. The van der Waals surface area contributed by atoms with Crippen LogP contribution in [0.3, 0.4) is 0 Å². The van der Waals surface area contributed by atoms with E-state index in [1.165, 1.54) is 6.21 Å². The Morgan fingerprint density at radius 3 is 2.75 bits per heavy atom. The molecular formula is C10H11NO. The Kier molecular flexibility index (Phi) is 2.64. The molecule has 1 aromatic rings. The quantitative estimate of drug-likeness (QED) is 0.535. The Morgan fingerprint density at radius 2 is 2.17 bits per heavy atom. The zero-order valence-electron chi connectivity index (χ0n) is 7.00. The molecule has 0 atom stereocenters. The number of methoxy groups -OCH3 is 1. The molecule has 0 aliphatic rings. The van der Waals surface area contributed by atoms with Gasteiger partial charge < -0.3 is 10.1 Å². The van der Waals surface area contributed by atoms with Gasteiger partial charge in [-0.05, 0) is 0 Å². The zero-order valence-corrected chi connectivity index (χ0v) is 7.00. The molecule has 0 heterocycles. The third-order valence-corrected chi connectivity index (χ3v) is 1.66. The number of rotatable bonds is 3. The van der Waals surface area contributed by atoms with E-state index in [-0.39, 0.29) is 0 Å². The number of ether oxygens (including phenoxy) is 1. The van der Waals surface area contributed by atoms with Crippen LogP contribution in [-0.2, 0) is 4.74 Å². The number of hydrogen-bond acceptors (Lipinski definition) is 2. The van der Waals surface area contributed by atoms with E-state index in [4.69, 9.17) is 10.1 Å². The first kappa shape index (κ1) is 8.53. The van der Waals surface area contributed by atoms with E-state index in [0.29, 0.717) is 5.76 Å². The summed E-state index contributed by atoms with van der Waals surface area (Å²) in [7, 11) is 1.57. The fraction of sp³-hybridized carbons (Fsp3) is 0.100. The summed E-state index contributed by atoms with van der Waals surface area (Å²) in [6.07, 6.45) is 1.29. The maximum atomic E-state index is 7.13. The maximum Gasteiger partial charge on any atom is 0.119 e. The van der Waals surface area contributed by atoms with E-state index < -0.39 is 0 Å². The van der Waals surface area contributed by atoms with E-state index >= 15 is 0 Å². The minimum absolute atomic E-state index is 0.592.